The largest absolute Gasteiger partial charge is 0.384 e. The molecule has 0 amide bonds. The number of ketones is 2. The Bertz CT molecular complexity index is 1440. The number of hydrogen-bond donors (Lipinski definition) is 1. The Morgan fingerprint density at radius 1 is 0.525 bits per heavy atom. The summed E-state index contributed by atoms with van der Waals surface area (Å²) in [6, 6.07) is 12.2. The Labute approximate surface area is 237 Å². The van der Waals surface area contributed by atoms with Crippen molar-refractivity contribution in [1.82, 2.24) is 0 Å². The lowest BCUT2D eigenvalue weighted by Gasteiger charge is -2.43. The van der Waals surface area contributed by atoms with Crippen LogP contribution in [-0.2, 0) is 0 Å². The number of nitrogens with zero attached hydrogens (tertiary/aromatic N) is 3. The van der Waals surface area contributed by atoms with Gasteiger partial charge in [-0.3, -0.25) is 9.59 Å². The number of rotatable bonds is 9. The van der Waals surface area contributed by atoms with Gasteiger partial charge in [0.25, 0.3) is 0 Å². The highest BCUT2D eigenvalue weighted by molar-refractivity contribution is 6.21. The molecule has 3 aliphatic carbocycles. The van der Waals surface area contributed by atoms with Crippen molar-refractivity contribution in [1.29, 1.82) is 0 Å². The van der Waals surface area contributed by atoms with E-state index in [4.69, 9.17) is 0 Å². The van der Waals surface area contributed by atoms with Gasteiger partial charge in [0.2, 0.25) is 0 Å². The summed E-state index contributed by atoms with van der Waals surface area (Å²) in [5.41, 5.74) is 9.46. The van der Waals surface area contributed by atoms with Crippen molar-refractivity contribution in [3.63, 3.8) is 0 Å². The zero-order valence-corrected chi connectivity index (χ0v) is 24.5. The maximum atomic E-state index is 14.3. The van der Waals surface area contributed by atoms with Crippen molar-refractivity contribution in [2.45, 2.75) is 53.6 Å². The smallest absolute Gasteiger partial charge is 0.193 e. The Balaban J connectivity index is 1.72. The Kier molecular flexibility index (Phi) is 6.49. The van der Waals surface area contributed by atoms with Crippen LogP contribution in [0.1, 0.15) is 113 Å². The van der Waals surface area contributed by atoms with Crippen molar-refractivity contribution >= 4 is 28.6 Å². The van der Waals surface area contributed by atoms with Gasteiger partial charge >= 0.3 is 0 Å². The quantitative estimate of drug-likeness (QED) is 0.253. The molecule has 0 unspecified atom stereocenters. The summed E-state index contributed by atoms with van der Waals surface area (Å²) in [7, 11) is 0. The van der Waals surface area contributed by atoms with E-state index in [-0.39, 0.29) is 17.5 Å². The molecule has 3 aromatic rings. The molecule has 0 saturated heterocycles. The molecule has 0 heterocycles. The van der Waals surface area contributed by atoms with Crippen molar-refractivity contribution in [2.24, 2.45) is 0 Å². The first kappa shape index (κ1) is 26.6. The number of benzene rings is 3. The van der Waals surface area contributed by atoms with Crippen LogP contribution < -0.4 is 14.7 Å². The number of hydrogen-bond acceptors (Lipinski definition) is 6. The van der Waals surface area contributed by atoms with E-state index in [1.165, 1.54) is 0 Å². The molecule has 0 spiro atoms. The van der Waals surface area contributed by atoms with Crippen LogP contribution in [-0.4, -0.2) is 55.9 Å². The standard InChI is InChI=1S/C34H39N3O3/c1-7-35(8-2)19-13-22-28-23(14-19)33(39)25-16-21(37(11-5)12-6)18-27-30(25)31(28)29-24(32(22)38)15-20(36(9-3)10-4)17-26(29)34(27)40/h13-18,31-32,38H,7-12H2,1-6H3. The maximum Gasteiger partial charge on any atom is 0.193 e. The van der Waals surface area contributed by atoms with Gasteiger partial charge in [-0.15, -0.1) is 0 Å². The van der Waals surface area contributed by atoms with E-state index in [9.17, 15) is 14.7 Å². The topological polar surface area (TPSA) is 64.1 Å². The van der Waals surface area contributed by atoms with Gasteiger partial charge in [-0.2, -0.15) is 0 Å². The third-order valence-corrected chi connectivity index (χ3v) is 9.38. The zero-order valence-electron chi connectivity index (χ0n) is 24.5. The van der Waals surface area contributed by atoms with Crippen molar-refractivity contribution in [3.8, 4) is 0 Å². The molecule has 208 valence electrons. The van der Waals surface area contributed by atoms with E-state index in [1.807, 2.05) is 24.3 Å². The lowest BCUT2D eigenvalue weighted by atomic mass is 9.61. The number of carbonyl (C=O) groups is 2. The minimum absolute atomic E-state index is 0.0570. The molecule has 3 aliphatic rings. The van der Waals surface area contributed by atoms with Crippen LogP contribution in [0.4, 0.5) is 17.1 Å². The lowest BCUT2D eigenvalue weighted by Crippen LogP contribution is -2.36. The summed E-state index contributed by atoms with van der Waals surface area (Å²) in [6.45, 7) is 17.4. The molecule has 0 bridgehead atoms. The molecule has 0 aliphatic heterocycles. The van der Waals surface area contributed by atoms with Gasteiger partial charge < -0.3 is 19.8 Å². The highest BCUT2D eigenvalue weighted by Crippen LogP contribution is 2.56. The summed E-state index contributed by atoms with van der Waals surface area (Å²) in [6.07, 6.45) is -0.913. The molecule has 3 aromatic carbocycles. The average molecular weight is 538 g/mol. The molecular weight excluding hydrogens is 498 g/mol. The van der Waals surface area contributed by atoms with Gasteiger partial charge in [-0.1, -0.05) is 0 Å². The van der Waals surface area contributed by atoms with Gasteiger partial charge in [-0.05, 0) is 106 Å². The summed E-state index contributed by atoms with van der Waals surface area (Å²) in [5.74, 6) is -0.363. The molecule has 0 atom stereocenters. The summed E-state index contributed by atoms with van der Waals surface area (Å²) < 4.78 is 0. The van der Waals surface area contributed by atoms with E-state index < -0.39 is 6.10 Å². The first-order valence-electron chi connectivity index (χ1n) is 14.9. The minimum Gasteiger partial charge on any atom is -0.384 e. The SMILES string of the molecule is CCN(CC)c1cc2c3c(c1)C(=O)c1cc(N(CC)CC)cc4c1C3c1c(cc(N(CC)CC)cc1C4O)C2=O. The first-order chi connectivity index (χ1) is 19.3. The number of anilines is 3. The molecule has 0 radical (unpaired) electrons. The summed E-state index contributed by atoms with van der Waals surface area (Å²) in [5, 5.41) is 12.0. The fourth-order valence-corrected chi connectivity index (χ4v) is 7.32. The van der Waals surface area contributed by atoms with Crippen LogP contribution in [0.25, 0.3) is 0 Å². The van der Waals surface area contributed by atoms with E-state index in [2.05, 4.69) is 68.4 Å². The third-order valence-electron chi connectivity index (χ3n) is 9.38. The molecule has 40 heavy (non-hydrogen) atoms. The highest BCUT2D eigenvalue weighted by atomic mass is 16.3. The van der Waals surface area contributed by atoms with Crippen LogP contribution in [0, 0.1) is 0 Å². The normalized spacial score (nSPS) is 17.6. The molecule has 0 fully saturated rings. The predicted molar refractivity (Wildman–Crippen MR) is 162 cm³/mol. The van der Waals surface area contributed by atoms with Crippen LogP contribution in [0.3, 0.4) is 0 Å². The fourth-order valence-electron chi connectivity index (χ4n) is 7.32. The number of carbonyl (C=O) groups excluding carboxylic acids is 2. The van der Waals surface area contributed by atoms with Crippen LogP contribution in [0.15, 0.2) is 36.4 Å². The Morgan fingerprint density at radius 2 is 0.825 bits per heavy atom. The minimum atomic E-state index is -0.913. The molecule has 6 heteroatoms. The van der Waals surface area contributed by atoms with Crippen molar-refractivity contribution in [2.75, 3.05) is 54.0 Å². The molecule has 0 aromatic heterocycles. The lowest BCUT2D eigenvalue weighted by molar-refractivity contribution is 0.102. The monoisotopic (exact) mass is 537 g/mol. The van der Waals surface area contributed by atoms with Crippen LogP contribution in [0.5, 0.6) is 0 Å². The molecule has 6 rings (SSSR count). The van der Waals surface area contributed by atoms with Crippen molar-refractivity contribution < 1.29 is 14.7 Å². The number of aliphatic hydroxyl groups is 1. The van der Waals surface area contributed by atoms with Crippen molar-refractivity contribution in [3.05, 3.63) is 86.5 Å². The Hall–Kier alpha value is -3.64. The fraction of sp³-hybridized carbons (Fsp3) is 0.412. The molecular formula is C34H39N3O3. The maximum absolute atomic E-state index is 14.3. The van der Waals surface area contributed by atoms with Crippen LogP contribution >= 0.6 is 0 Å². The molecule has 6 nitrogen and oxygen atoms in total. The third kappa shape index (κ3) is 3.51. The molecule has 1 N–H and O–H groups in total. The second kappa shape index (κ2) is 9.77. The van der Waals surface area contributed by atoms with E-state index in [1.54, 1.807) is 0 Å². The van der Waals surface area contributed by atoms with Gasteiger partial charge in [0.1, 0.15) is 6.10 Å². The van der Waals surface area contributed by atoms with Gasteiger partial charge in [0, 0.05) is 84.5 Å². The van der Waals surface area contributed by atoms with Gasteiger partial charge in [0.05, 0.1) is 0 Å². The van der Waals surface area contributed by atoms with Crippen LogP contribution in [0.2, 0.25) is 0 Å². The second-order valence-electron chi connectivity index (χ2n) is 11.0. The van der Waals surface area contributed by atoms with Gasteiger partial charge in [0.15, 0.2) is 11.6 Å². The second-order valence-corrected chi connectivity index (χ2v) is 11.0. The first-order valence-corrected chi connectivity index (χ1v) is 14.9. The van der Waals surface area contributed by atoms with E-state index in [0.29, 0.717) is 22.3 Å². The van der Waals surface area contributed by atoms with Gasteiger partial charge in [-0.25, -0.2) is 0 Å². The number of aliphatic hydroxyl groups excluding tert-OH is 1. The Morgan fingerprint density at radius 3 is 1.15 bits per heavy atom. The summed E-state index contributed by atoms with van der Waals surface area (Å²) in [4.78, 5) is 35.3. The molecule has 0 saturated carbocycles. The van der Waals surface area contributed by atoms with E-state index in [0.717, 1.165) is 84.1 Å². The van der Waals surface area contributed by atoms with E-state index >= 15 is 0 Å². The average Bonchev–Trinajstić information content (AvgIpc) is 2.97. The zero-order chi connectivity index (χ0) is 28.5. The predicted octanol–water partition coefficient (Wildman–Crippen LogP) is 5.89. The summed E-state index contributed by atoms with van der Waals surface area (Å²) >= 11 is 0. The highest BCUT2D eigenvalue weighted by Gasteiger charge is 2.47.